The summed E-state index contributed by atoms with van der Waals surface area (Å²) in [5.41, 5.74) is -0.110. The molecule has 1 aromatic carbocycles. The fourth-order valence-corrected chi connectivity index (χ4v) is 3.59. The van der Waals surface area contributed by atoms with Crippen molar-refractivity contribution in [2.75, 3.05) is 27.3 Å². The summed E-state index contributed by atoms with van der Waals surface area (Å²) in [5, 5.41) is 15.6. The van der Waals surface area contributed by atoms with E-state index in [-0.39, 0.29) is 42.1 Å². The molecule has 3 N–H and O–H groups in total. The maximum Gasteiger partial charge on any atom is 0.288 e. The molecule has 11 heteroatoms. The van der Waals surface area contributed by atoms with Crippen molar-refractivity contribution in [3.05, 3.63) is 69.1 Å². The van der Waals surface area contributed by atoms with Gasteiger partial charge in [0.15, 0.2) is 11.5 Å². The third kappa shape index (κ3) is 4.08. The zero-order valence-electron chi connectivity index (χ0n) is 18.3. The number of ether oxygens (including phenoxy) is 2. The third-order valence-corrected chi connectivity index (χ3v) is 5.25. The third-order valence-electron chi connectivity index (χ3n) is 5.25. The van der Waals surface area contributed by atoms with Gasteiger partial charge in [-0.2, -0.15) is 0 Å². The number of aromatic nitrogens is 2. The Labute approximate surface area is 192 Å². The summed E-state index contributed by atoms with van der Waals surface area (Å²) in [6, 6.07) is 5.79. The SMILES string of the molecule is CNC(=O)c1c(O)c2ncc(Cc3ccc(F)cc3)c3c2n(c1=O)C=C(C(=O)NCCOC)O3. The van der Waals surface area contributed by atoms with E-state index < -0.39 is 34.5 Å². The Balaban J connectivity index is 1.91. The smallest absolute Gasteiger partial charge is 0.288 e. The van der Waals surface area contributed by atoms with E-state index in [1.54, 1.807) is 12.1 Å². The van der Waals surface area contributed by atoms with Gasteiger partial charge in [-0.05, 0) is 17.7 Å². The van der Waals surface area contributed by atoms with Crippen molar-refractivity contribution in [1.29, 1.82) is 0 Å². The standard InChI is InChI=1S/C23H21FN4O6/c1-25-22(31)16-19(29)17-18-20(13(10-27-17)9-12-3-5-14(24)6-4-12)34-15(11-28(18)23(16)32)21(30)26-7-8-33-2/h3-6,10-11,29H,7-9H2,1-2H3,(H,25,31)(H,26,30). The molecular weight excluding hydrogens is 447 g/mol. The molecule has 4 rings (SSSR count). The average molecular weight is 468 g/mol. The van der Waals surface area contributed by atoms with Crippen molar-refractivity contribution in [3.63, 3.8) is 0 Å². The summed E-state index contributed by atoms with van der Waals surface area (Å²) in [4.78, 5) is 42.4. The number of rotatable bonds is 7. The van der Waals surface area contributed by atoms with Gasteiger partial charge >= 0.3 is 0 Å². The Morgan fingerprint density at radius 1 is 1.24 bits per heavy atom. The Kier molecular flexibility index (Phi) is 6.28. The van der Waals surface area contributed by atoms with Crippen molar-refractivity contribution >= 4 is 29.0 Å². The van der Waals surface area contributed by atoms with Crippen LogP contribution >= 0.6 is 0 Å². The lowest BCUT2D eigenvalue weighted by Crippen LogP contribution is -2.35. The van der Waals surface area contributed by atoms with Gasteiger partial charge in [-0.25, -0.2) is 4.39 Å². The first-order chi connectivity index (χ1) is 16.3. The number of nitrogens with one attached hydrogen (secondary N) is 2. The van der Waals surface area contributed by atoms with Crippen LogP contribution in [0.15, 0.2) is 41.0 Å². The molecule has 0 fully saturated rings. The predicted octanol–water partition coefficient (Wildman–Crippen LogP) is 1.14. The van der Waals surface area contributed by atoms with Crippen LogP contribution in [0, 0.1) is 5.82 Å². The van der Waals surface area contributed by atoms with Gasteiger partial charge in [-0.1, -0.05) is 12.1 Å². The minimum atomic E-state index is -0.850. The molecule has 3 heterocycles. The number of hydrogen-bond donors (Lipinski definition) is 3. The number of carbonyl (C=O) groups is 2. The van der Waals surface area contributed by atoms with E-state index in [0.29, 0.717) is 5.56 Å². The highest BCUT2D eigenvalue weighted by atomic mass is 19.1. The van der Waals surface area contributed by atoms with Gasteiger partial charge in [0.05, 0.1) is 12.8 Å². The summed E-state index contributed by atoms with van der Waals surface area (Å²) in [5.74, 6) is -2.50. The highest BCUT2D eigenvalue weighted by Gasteiger charge is 2.30. The highest BCUT2D eigenvalue weighted by molar-refractivity contribution is 6.04. The zero-order chi connectivity index (χ0) is 24.4. The summed E-state index contributed by atoms with van der Waals surface area (Å²) < 4.78 is 25.2. The predicted molar refractivity (Wildman–Crippen MR) is 120 cm³/mol. The number of aromatic hydroxyl groups is 1. The lowest BCUT2D eigenvalue weighted by atomic mass is 10.0. The maximum absolute atomic E-state index is 13.3. The minimum Gasteiger partial charge on any atom is -0.505 e. The first-order valence-corrected chi connectivity index (χ1v) is 10.3. The molecule has 10 nitrogen and oxygen atoms in total. The van der Waals surface area contributed by atoms with Crippen LogP contribution in [0.3, 0.4) is 0 Å². The van der Waals surface area contributed by atoms with Crippen molar-refractivity contribution in [2.45, 2.75) is 6.42 Å². The number of nitrogens with zero attached hydrogens (tertiary/aromatic N) is 2. The first-order valence-electron chi connectivity index (χ1n) is 10.3. The van der Waals surface area contributed by atoms with Crippen LogP contribution in [-0.2, 0) is 16.0 Å². The van der Waals surface area contributed by atoms with Crippen LogP contribution < -0.4 is 20.9 Å². The number of pyridine rings is 2. The second-order valence-electron chi connectivity index (χ2n) is 7.44. The van der Waals surface area contributed by atoms with Crippen molar-refractivity contribution in [2.24, 2.45) is 0 Å². The molecule has 34 heavy (non-hydrogen) atoms. The van der Waals surface area contributed by atoms with Crippen LogP contribution in [0.4, 0.5) is 4.39 Å². The minimum absolute atomic E-state index is 0.0499. The number of halogens is 1. The summed E-state index contributed by atoms with van der Waals surface area (Å²) in [7, 11) is 2.81. The van der Waals surface area contributed by atoms with E-state index >= 15 is 0 Å². The molecule has 0 spiro atoms. The summed E-state index contributed by atoms with van der Waals surface area (Å²) >= 11 is 0. The van der Waals surface area contributed by atoms with E-state index in [2.05, 4.69) is 15.6 Å². The molecule has 1 aliphatic heterocycles. The Hall–Kier alpha value is -4.25. The monoisotopic (exact) mass is 468 g/mol. The number of amides is 2. The molecule has 2 aromatic heterocycles. The molecule has 0 bridgehead atoms. The summed E-state index contributed by atoms with van der Waals surface area (Å²) in [6.07, 6.45) is 2.80. The topological polar surface area (TPSA) is 132 Å². The quantitative estimate of drug-likeness (QED) is 0.443. The Morgan fingerprint density at radius 2 is 1.97 bits per heavy atom. The van der Waals surface area contributed by atoms with Crippen molar-refractivity contribution in [1.82, 2.24) is 20.2 Å². The highest BCUT2D eigenvalue weighted by Crippen LogP contribution is 2.38. The molecule has 176 valence electrons. The lowest BCUT2D eigenvalue weighted by molar-refractivity contribution is -0.119. The molecule has 1 aliphatic rings. The number of methoxy groups -OCH3 is 1. The normalized spacial score (nSPS) is 12.1. The van der Waals surface area contributed by atoms with Crippen LogP contribution in [0.25, 0.3) is 17.2 Å². The van der Waals surface area contributed by atoms with E-state index in [9.17, 15) is 23.9 Å². The Bertz CT molecular complexity index is 1380. The van der Waals surface area contributed by atoms with Gasteiger partial charge in [0.2, 0.25) is 5.76 Å². The molecule has 3 aromatic rings. The first kappa shape index (κ1) is 22.9. The number of hydrogen-bond acceptors (Lipinski definition) is 7. The molecule has 0 atom stereocenters. The van der Waals surface area contributed by atoms with Gasteiger partial charge < -0.3 is 25.2 Å². The average Bonchev–Trinajstić information content (AvgIpc) is 2.84. The zero-order valence-corrected chi connectivity index (χ0v) is 18.3. The molecule has 0 aliphatic carbocycles. The van der Waals surface area contributed by atoms with Crippen molar-refractivity contribution < 1.29 is 28.6 Å². The van der Waals surface area contributed by atoms with Gasteiger partial charge in [0.25, 0.3) is 17.4 Å². The number of carbonyl (C=O) groups excluding carboxylic acids is 2. The molecule has 0 radical (unpaired) electrons. The van der Waals surface area contributed by atoms with Crippen LogP contribution in [-0.4, -0.2) is 53.8 Å². The lowest BCUT2D eigenvalue weighted by Gasteiger charge is -2.22. The largest absolute Gasteiger partial charge is 0.505 e. The van der Waals surface area contributed by atoms with E-state index in [4.69, 9.17) is 9.47 Å². The van der Waals surface area contributed by atoms with Gasteiger partial charge in [-0.15, -0.1) is 0 Å². The maximum atomic E-state index is 13.3. The van der Waals surface area contributed by atoms with Gasteiger partial charge in [-0.3, -0.25) is 23.9 Å². The Morgan fingerprint density at radius 3 is 2.65 bits per heavy atom. The van der Waals surface area contributed by atoms with E-state index in [0.717, 1.165) is 16.3 Å². The molecule has 0 saturated carbocycles. The van der Waals surface area contributed by atoms with Crippen LogP contribution in [0.2, 0.25) is 0 Å². The fraction of sp³-hybridized carbons (Fsp3) is 0.217. The van der Waals surface area contributed by atoms with Crippen molar-refractivity contribution in [3.8, 4) is 11.5 Å². The fourth-order valence-electron chi connectivity index (χ4n) is 3.59. The van der Waals surface area contributed by atoms with Gasteiger partial charge in [0, 0.05) is 38.9 Å². The van der Waals surface area contributed by atoms with E-state index in [1.807, 2.05) is 0 Å². The van der Waals surface area contributed by atoms with Crippen LogP contribution in [0.5, 0.6) is 11.5 Å². The summed E-state index contributed by atoms with van der Waals surface area (Å²) in [6.45, 7) is 0.463. The molecule has 0 unspecified atom stereocenters. The second kappa shape index (κ2) is 9.32. The molecular formula is C23H21FN4O6. The molecule has 2 amide bonds. The van der Waals surface area contributed by atoms with Gasteiger partial charge in [0.1, 0.15) is 22.4 Å². The van der Waals surface area contributed by atoms with E-state index in [1.165, 1.54) is 32.5 Å². The number of benzene rings is 1. The van der Waals surface area contributed by atoms with Crippen LogP contribution in [0.1, 0.15) is 21.5 Å². The second-order valence-corrected chi connectivity index (χ2v) is 7.44. The molecule has 0 saturated heterocycles.